The minimum absolute atomic E-state index is 0.512. The first-order valence-corrected chi connectivity index (χ1v) is 12.9. The summed E-state index contributed by atoms with van der Waals surface area (Å²) in [5, 5.41) is 1.48. The summed E-state index contributed by atoms with van der Waals surface area (Å²) >= 11 is 0. The smallest absolute Gasteiger partial charge is 0.0799 e. The summed E-state index contributed by atoms with van der Waals surface area (Å²) in [4.78, 5) is 4.86. The molecular weight excluding hydrogens is 330 g/mol. The van der Waals surface area contributed by atoms with E-state index in [1.165, 1.54) is 33.0 Å². The van der Waals surface area contributed by atoms with E-state index in [0.29, 0.717) is 5.92 Å². The summed E-state index contributed by atoms with van der Waals surface area (Å²) in [5.41, 5.74) is 7.56. The van der Waals surface area contributed by atoms with Gasteiger partial charge in [0.1, 0.15) is 0 Å². The Hall–Kier alpha value is -2.19. The van der Waals surface area contributed by atoms with Gasteiger partial charge in [-0.15, -0.1) is 0 Å². The summed E-state index contributed by atoms with van der Waals surface area (Å²) in [7, 11) is -1.40. The third-order valence-electron chi connectivity index (χ3n) is 4.98. The van der Waals surface area contributed by atoms with Gasteiger partial charge in [-0.2, -0.15) is 0 Å². The third kappa shape index (κ3) is 3.81. The van der Waals surface area contributed by atoms with Crippen molar-refractivity contribution >= 4 is 13.3 Å². The number of hydrogen-bond donors (Lipinski definition) is 0. The van der Waals surface area contributed by atoms with Gasteiger partial charge in [0.2, 0.25) is 0 Å². The van der Waals surface area contributed by atoms with Crippen molar-refractivity contribution in [3.63, 3.8) is 0 Å². The highest BCUT2D eigenvalue weighted by Gasteiger charge is 2.22. The van der Waals surface area contributed by atoms with Crippen LogP contribution in [0.1, 0.15) is 30.9 Å². The lowest BCUT2D eigenvalue weighted by atomic mass is 9.95. The molecule has 0 N–H and O–H groups in total. The van der Waals surface area contributed by atoms with E-state index >= 15 is 0 Å². The average molecular weight is 360 g/mol. The molecular formula is C24H29NSi. The Morgan fingerprint density at radius 2 is 1.54 bits per heavy atom. The van der Waals surface area contributed by atoms with Crippen LogP contribution < -0.4 is 5.19 Å². The fourth-order valence-electron chi connectivity index (χ4n) is 3.44. The van der Waals surface area contributed by atoms with Crippen molar-refractivity contribution in [2.24, 2.45) is 0 Å². The monoisotopic (exact) mass is 359 g/mol. The molecule has 26 heavy (non-hydrogen) atoms. The van der Waals surface area contributed by atoms with Gasteiger partial charge >= 0.3 is 0 Å². The van der Waals surface area contributed by atoms with Crippen LogP contribution in [-0.2, 0) is 0 Å². The summed E-state index contributed by atoms with van der Waals surface area (Å²) in [6.45, 7) is 13.9. The zero-order chi connectivity index (χ0) is 18.9. The number of rotatable bonds is 4. The van der Waals surface area contributed by atoms with Gasteiger partial charge in [-0.3, -0.25) is 4.98 Å². The molecule has 1 nitrogen and oxygen atoms in total. The van der Waals surface area contributed by atoms with Gasteiger partial charge in [0.15, 0.2) is 0 Å². The zero-order valence-electron chi connectivity index (χ0n) is 16.8. The quantitative estimate of drug-likeness (QED) is 0.492. The molecule has 134 valence electrons. The van der Waals surface area contributed by atoms with Crippen LogP contribution in [0.3, 0.4) is 0 Å². The Labute approximate surface area is 159 Å². The SMILES string of the molecule is Cc1ccc(-c2cc(C(C)C)c([Si](C)(C)C)cn2)cc1-c1ccccc1. The van der Waals surface area contributed by atoms with Crippen molar-refractivity contribution in [2.75, 3.05) is 0 Å². The normalized spacial score (nSPS) is 11.8. The molecule has 1 heterocycles. The molecule has 3 aromatic rings. The Morgan fingerprint density at radius 1 is 0.846 bits per heavy atom. The molecule has 0 saturated carbocycles. The number of nitrogens with zero attached hydrogens (tertiary/aromatic N) is 1. The van der Waals surface area contributed by atoms with Crippen molar-refractivity contribution in [2.45, 2.75) is 46.3 Å². The van der Waals surface area contributed by atoms with E-state index in [-0.39, 0.29) is 0 Å². The molecule has 2 aromatic carbocycles. The predicted molar refractivity (Wildman–Crippen MR) is 117 cm³/mol. The molecule has 0 saturated heterocycles. The van der Waals surface area contributed by atoms with Crippen LogP contribution in [0, 0.1) is 6.92 Å². The molecule has 2 heteroatoms. The van der Waals surface area contributed by atoms with Gasteiger partial charge in [0.05, 0.1) is 13.8 Å². The molecule has 0 aliphatic carbocycles. The van der Waals surface area contributed by atoms with Crippen LogP contribution >= 0.6 is 0 Å². The minimum atomic E-state index is -1.40. The topological polar surface area (TPSA) is 12.9 Å². The molecule has 0 unspecified atom stereocenters. The highest BCUT2D eigenvalue weighted by molar-refractivity contribution is 6.89. The molecule has 0 aliphatic rings. The van der Waals surface area contributed by atoms with E-state index in [2.05, 4.69) is 101 Å². The van der Waals surface area contributed by atoms with Gasteiger partial charge < -0.3 is 0 Å². The fraction of sp³-hybridized carbons (Fsp3) is 0.292. The second-order valence-electron chi connectivity index (χ2n) is 8.46. The predicted octanol–water partition coefficient (Wildman–Crippen LogP) is 6.39. The van der Waals surface area contributed by atoms with Crippen LogP contribution in [0.5, 0.6) is 0 Å². The molecule has 0 amide bonds. The maximum absolute atomic E-state index is 4.86. The van der Waals surface area contributed by atoms with E-state index in [9.17, 15) is 0 Å². The lowest BCUT2D eigenvalue weighted by Gasteiger charge is -2.23. The maximum Gasteiger partial charge on any atom is 0.0799 e. The van der Waals surface area contributed by atoms with Gasteiger partial charge in [-0.1, -0.05) is 76.0 Å². The molecule has 0 fully saturated rings. The van der Waals surface area contributed by atoms with Gasteiger partial charge in [-0.25, -0.2) is 0 Å². The van der Waals surface area contributed by atoms with Crippen molar-refractivity contribution in [3.05, 3.63) is 71.9 Å². The fourth-order valence-corrected chi connectivity index (χ4v) is 5.12. The summed E-state index contributed by atoms with van der Waals surface area (Å²) in [5.74, 6) is 0.512. The van der Waals surface area contributed by atoms with Crippen LogP contribution in [-0.4, -0.2) is 13.1 Å². The second kappa shape index (κ2) is 7.20. The second-order valence-corrected chi connectivity index (χ2v) is 13.5. The Bertz CT molecular complexity index is 905. The number of pyridine rings is 1. The van der Waals surface area contributed by atoms with Crippen molar-refractivity contribution in [1.29, 1.82) is 0 Å². The first-order chi connectivity index (χ1) is 12.3. The number of hydrogen-bond acceptors (Lipinski definition) is 1. The Morgan fingerprint density at radius 3 is 2.15 bits per heavy atom. The highest BCUT2D eigenvalue weighted by atomic mass is 28.3. The number of benzene rings is 2. The van der Waals surface area contributed by atoms with Crippen LogP contribution in [0.25, 0.3) is 22.4 Å². The molecule has 0 bridgehead atoms. The van der Waals surface area contributed by atoms with E-state index in [1.807, 2.05) is 0 Å². The van der Waals surface area contributed by atoms with Gasteiger partial charge in [0.25, 0.3) is 0 Å². The van der Waals surface area contributed by atoms with Gasteiger partial charge in [0, 0.05) is 11.8 Å². The highest BCUT2D eigenvalue weighted by Crippen LogP contribution is 2.29. The van der Waals surface area contributed by atoms with E-state index in [1.54, 1.807) is 0 Å². The van der Waals surface area contributed by atoms with Crippen LogP contribution in [0.2, 0.25) is 19.6 Å². The summed E-state index contributed by atoms with van der Waals surface area (Å²) in [6, 6.07) is 19.6. The minimum Gasteiger partial charge on any atom is -0.256 e. The molecule has 1 aromatic heterocycles. The maximum atomic E-state index is 4.86. The van der Waals surface area contributed by atoms with Crippen LogP contribution in [0.4, 0.5) is 0 Å². The number of aromatic nitrogens is 1. The third-order valence-corrected chi connectivity index (χ3v) is 7.02. The van der Waals surface area contributed by atoms with Crippen molar-refractivity contribution in [1.82, 2.24) is 4.98 Å². The van der Waals surface area contributed by atoms with E-state index < -0.39 is 8.07 Å². The number of aryl methyl sites for hydroxylation is 1. The summed E-state index contributed by atoms with van der Waals surface area (Å²) in [6.07, 6.45) is 2.14. The van der Waals surface area contributed by atoms with E-state index in [4.69, 9.17) is 4.98 Å². The van der Waals surface area contributed by atoms with Gasteiger partial charge in [-0.05, 0) is 52.4 Å². The lowest BCUT2D eigenvalue weighted by Crippen LogP contribution is -2.40. The Kier molecular flexibility index (Phi) is 5.15. The Balaban J connectivity index is 2.12. The lowest BCUT2D eigenvalue weighted by molar-refractivity contribution is 0.870. The van der Waals surface area contributed by atoms with E-state index in [0.717, 1.165) is 5.69 Å². The molecule has 0 spiro atoms. The molecule has 0 radical (unpaired) electrons. The molecule has 0 aliphatic heterocycles. The van der Waals surface area contributed by atoms with Crippen LogP contribution in [0.15, 0.2) is 60.8 Å². The van der Waals surface area contributed by atoms with Crippen molar-refractivity contribution in [3.8, 4) is 22.4 Å². The first kappa shape index (κ1) is 18.6. The largest absolute Gasteiger partial charge is 0.256 e. The zero-order valence-corrected chi connectivity index (χ0v) is 17.8. The van der Waals surface area contributed by atoms with Crippen molar-refractivity contribution < 1.29 is 0 Å². The average Bonchev–Trinajstić information content (AvgIpc) is 2.61. The summed E-state index contributed by atoms with van der Waals surface area (Å²) < 4.78 is 0. The first-order valence-electron chi connectivity index (χ1n) is 9.44. The molecule has 3 rings (SSSR count). The standard InChI is InChI=1S/C24H29NSi/c1-17(2)21-15-23(25-16-24(21)26(4,5)6)20-13-12-18(3)22(14-20)19-10-8-7-9-11-19/h7-17H,1-6H3. The molecule has 0 atom stereocenters.